The molecule has 1 heterocycles. The zero-order chi connectivity index (χ0) is 34.9. The van der Waals surface area contributed by atoms with Gasteiger partial charge in [0.15, 0.2) is 12.4 Å². The van der Waals surface area contributed by atoms with Crippen LogP contribution in [0.25, 0.3) is 0 Å². The lowest BCUT2D eigenvalue weighted by molar-refractivity contribution is -0.154. The highest BCUT2D eigenvalue weighted by molar-refractivity contribution is 6.30. The van der Waals surface area contributed by atoms with Gasteiger partial charge in [-0.25, -0.2) is 0 Å². The largest absolute Gasteiger partial charge is 0.491 e. The zero-order valence-electron chi connectivity index (χ0n) is 25.4. The molecule has 0 radical (unpaired) electrons. The summed E-state index contributed by atoms with van der Waals surface area (Å²) in [5, 5.41) is 12.1. The Hall–Kier alpha value is -5.45. The highest BCUT2D eigenvalue weighted by Gasteiger charge is 2.45. The first-order chi connectivity index (χ1) is 22.9. The molecule has 0 aliphatic heterocycles. The predicted molar refractivity (Wildman–Crippen MR) is 169 cm³/mol. The number of anilines is 4. The molecule has 14 nitrogen and oxygen atoms in total. The number of halogens is 4. The van der Waals surface area contributed by atoms with Gasteiger partial charge >= 0.3 is 12.2 Å². The van der Waals surface area contributed by atoms with Crippen molar-refractivity contribution in [3.05, 3.63) is 85.1 Å². The first kappa shape index (κ1) is 35.4. The number of carbonyl (C=O) groups is 2. The van der Waals surface area contributed by atoms with E-state index < -0.39 is 41.1 Å². The standard InChI is InChI=1S/C28H25ClF3N7O5.C2H4O2/c1-43-22-19(20(40)21(22)41)33-12-13-34-23(42)15-2-8-18(9-3-15)35-24-36-25(38-26(37-24)44-14-28(30,31)32)39-27(10-11-27)16-4-6-17(29)7-5-16;1-4-2-3/h2-9,33H,10-14H2,1H3,(H,34,42)(H2,35,36,37,38,39);2H,1H3. The molecule has 0 atom stereocenters. The Morgan fingerprint density at radius 1 is 0.958 bits per heavy atom. The second kappa shape index (κ2) is 15.4. The van der Waals surface area contributed by atoms with Gasteiger partial charge in [-0.05, 0) is 54.8 Å². The van der Waals surface area contributed by atoms with Crippen LogP contribution in [0.2, 0.25) is 5.02 Å². The lowest BCUT2D eigenvalue weighted by atomic mass is 10.1. The first-order valence-corrected chi connectivity index (χ1v) is 14.5. The molecule has 0 saturated heterocycles. The van der Waals surface area contributed by atoms with E-state index in [0.717, 1.165) is 18.4 Å². The number of amides is 1. The lowest BCUT2D eigenvalue weighted by Crippen LogP contribution is -2.37. The smallest absolute Gasteiger partial charge is 0.422 e. The van der Waals surface area contributed by atoms with Crippen molar-refractivity contribution in [2.45, 2.75) is 24.6 Å². The van der Waals surface area contributed by atoms with Crippen LogP contribution in [0.3, 0.4) is 0 Å². The highest BCUT2D eigenvalue weighted by Crippen LogP contribution is 2.48. The number of hydrogen-bond donors (Lipinski definition) is 4. The summed E-state index contributed by atoms with van der Waals surface area (Å²) in [4.78, 5) is 56.7. The molecule has 4 aromatic rings. The van der Waals surface area contributed by atoms with Crippen LogP contribution in [0.15, 0.2) is 58.1 Å². The zero-order valence-corrected chi connectivity index (χ0v) is 26.2. The minimum absolute atomic E-state index is 0.0121. The first-order valence-electron chi connectivity index (χ1n) is 14.1. The molecule has 0 bridgehead atoms. The van der Waals surface area contributed by atoms with Gasteiger partial charge in [-0.1, -0.05) is 23.7 Å². The van der Waals surface area contributed by atoms with Crippen LogP contribution >= 0.6 is 11.6 Å². The molecular formula is C30H29ClF3N7O7. The van der Waals surface area contributed by atoms with Gasteiger partial charge in [0, 0.05) is 29.4 Å². The second-order valence-corrected chi connectivity index (χ2v) is 10.6. The number of alkyl halides is 3. The van der Waals surface area contributed by atoms with Crippen LogP contribution in [0.1, 0.15) is 28.8 Å². The van der Waals surface area contributed by atoms with Crippen LogP contribution in [-0.2, 0) is 15.1 Å². The molecule has 18 heteroatoms. The lowest BCUT2D eigenvalue weighted by Gasteiger charge is -2.19. The number of ether oxygens (including phenoxy) is 3. The summed E-state index contributed by atoms with van der Waals surface area (Å²) in [6.45, 7) is -0.878. The van der Waals surface area contributed by atoms with Gasteiger partial charge in [0.25, 0.3) is 23.2 Å². The SMILES string of the molecule is COC=O.COc1c(NCCNC(=O)c2ccc(Nc3nc(NC4(c5ccc(Cl)cc5)CC4)nc(OCC(F)(F)F)n3)cc2)c(=O)c1=O. The van der Waals surface area contributed by atoms with Crippen LogP contribution in [0.5, 0.6) is 11.8 Å². The number of methoxy groups -OCH3 is 2. The van der Waals surface area contributed by atoms with Gasteiger partial charge in [-0.15, -0.1) is 0 Å². The topological polar surface area (TPSA) is 183 Å². The van der Waals surface area contributed by atoms with E-state index in [2.05, 4.69) is 41.0 Å². The third-order valence-electron chi connectivity index (χ3n) is 6.76. The normalized spacial score (nSPS) is 13.0. The average Bonchev–Trinajstić information content (AvgIpc) is 3.85. The fourth-order valence-corrected chi connectivity index (χ4v) is 4.42. The summed E-state index contributed by atoms with van der Waals surface area (Å²) in [6.07, 6.45) is -3.12. The number of nitrogens with one attached hydrogen (secondary N) is 4. The summed E-state index contributed by atoms with van der Waals surface area (Å²) < 4.78 is 52.0. The number of benzene rings is 2. The van der Waals surface area contributed by atoms with Crippen molar-refractivity contribution >= 4 is 47.3 Å². The quantitative estimate of drug-likeness (QED) is 0.0857. The van der Waals surface area contributed by atoms with Crippen molar-refractivity contribution in [3.63, 3.8) is 0 Å². The summed E-state index contributed by atoms with van der Waals surface area (Å²) in [5.41, 5.74) is -0.146. The van der Waals surface area contributed by atoms with Gasteiger partial charge in [-0.2, -0.15) is 28.1 Å². The third-order valence-corrected chi connectivity index (χ3v) is 7.01. The Labute approximate surface area is 275 Å². The fourth-order valence-electron chi connectivity index (χ4n) is 4.30. The van der Waals surface area contributed by atoms with E-state index in [1.54, 1.807) is 24.3 Å². The molecule has 3 aromatic carbocycles. The number of nitrogens with zero attached hydrogens (tertiary/aromatic N) is 3. The minimum atomic E-state index is -4.60. The Morgan fingerprint density at radius 2 is 1.60 bits per heavy atom. The van der Waals surface area contributed by atoms with E-state index >= 15 is 0 Å². The summed E-state index contributed by atoms with van der Waals surface area (Å²) in [7, 11) is 2.60. The molecule has 4 N–H and O–H groups in total. The summed E-state index contributed by atoms with van der Waals surface area (Å²) in [5.74, 6) is -0.512. The van der Waals surface area contributed by atoms with Gasteiger partial charge in [0.1, 0.15) is 5.69 Å². The van der Waals surface area contributed by atoms with Crippen molar-refractivity contribution in [1.29, 1.82) is 0 Å². The molecule has 1 aliphatic rings. The third kappa shape index (κ3) is 9.31. The molecule has 1 saturated carbocycles. The van der Waals surface area contributed by atoms with Crippen molar-refractivity contribution in [3.8, 4) is 11.8 Å². The molecule has 1 amide bonds. The van der Waals surface area contributed by atoms with Crippen molar-refractivity contribution in [2.75, 3.05) is 49.9 Å². The molecule has 1 aliphatic carbocycles. The van der Waals surface area contributed by atoms with Gasteiger partial charge < -0.3 is 35.5 Å². The maximum absolute atomic E-state index is 12.8. The van der Waals surface area contributed by atoms with Crippen LogP contribution < -0.4 is 41.6 Å². The van der Waals surface area contributed by atoms with Crippen molar-refractivity contribution in [2.24, 2.45) is 0 Å². The summed E-state index contributed by atoms with van der Waals surface area (Å²) >= 11 is 6.00. The molecule has 1 aromatic heterocycles. The second-order valence-electron chi connectivity index (χ2n) is 10.2. The van der Waals surface area contributed by atoms with Crippen LogP contribution in [-0.4, -0.2) is 67.4 Å². The van der Waals surface area contributed by atoms with Gasteiger partial charge in [0.2, 0.25) is 11.9 Å². The number of aromatic nitrogens is 3. The van der Waals surface area contributed by atoms with E-state index in [0.29, 0.717) is 22.7 Å². The fraction of sp³-hybridized carbons (Fsp3) is 0.300. The van der Waals surface area contributed by atoms with E-state index in [4.69, 9.17) is 25.9 Å². The maximum atomic E-state index is 12.8. The molecule has 1 fully saturated rings. The predicted octanol–water partition coefficient (Wildman–Crippen LogP) is 3.55. The Kier molecular flexibility index (Phi) is 11.4. The van der Waals surface area contributed by atoms with Crippen LogP contribution in [0.4, 0.5) is 36.4 Å². The van der Waals surface area contributed by atoms with Crippen LogP contribution in [0, 0.1) is 0 Å². The highest BCUT2D eigenvalue weighted by atomic mass is 35.5. The monoisotopic (exact) mass is 691 g/mol. The molecule has 0 unspecified atom stereocenters. The number of carbonyl (C=O) groups excluding carboxylic acids is 2. The van der Waals surface area contributed by atoms with Crippen molar-refractivity contribution < 1.29 is 37.0 Å². The summed E-state index contributed by atoms with van der Waals surface area (Å²) in [6, 6.07) is 12.8. The Balaban J connectivity index is 0.00000123. The van der Waals surface area contributed by atoms with E-state index in [9.17, 15) is 27.6 Å². The van der Waals surface area contributed by atoms with E-state index in [1.807, 2.05) is 12.1 Å². The Morgan fingerprint density at radius 3 is 2.19 bits per heavy atom. The molecule has 254 valence electrons. The van der Waals surface area contributed by atoms with Crippen molar-refractivity contribution in [1.82, 2.24) is 20.3 Å². The van der Waals surface area contributed by atoms with E-state index in [1.165, 1.54) is 26.4 Å². The van der Waals surface area contributed by atoms with Gasteiger partial charge in [-0.3, -0.25) is 19.2 Å². The number of rotatable bonds is 14. The average molecular weight is 692 g/mol. The molecule has 5 rings (SSSR count). The minimum Gasteiger partial charge on any atom is -0.491 e. The molecule has 0 spiro atoms. The maximum Gasteiger partial charge on any atom is 0.422 e. The van der Waals surface area contributed by atoms with Gasteiger partial charge in [0.05, 0.1) is 19.8 Å². The number of hydrogen-bond acceptors (Lipinski definition) is 13. The van der Waals surface area contributed by atoms with E-state index in [-0.39, 0.29) is 36.4 Å². The molecular weight excluding hydrogens is 663 g/mol. The molecule has 48 heavy (non-hydrogen) atoms. The Bertz CT molecular complexity index is 1800.